The van der Waals surface area contributed by atoms with Crippen molar-refractivity contribution in [1.29, 1.82) is 0 Å². The minimum absolute atomic E-state index is 0.461. The van der Waals surface area contributed by atoms with Gasteiger partial charge in [-0.25, -0.2) is 13.8 Å². The molecule has 0 aliphatic heterocycles. The van der Waals surface area contributed by atoms with Gasteiger partial charge >= 0.3 is 0 Å². The van der Waals surface area contributed by atoms with Gasteiger partial charge in [0.2, 0.25) is 0 Å². The van der Waals surface area contributed by atoms with Crippen molar-refractivity contribution in [1.82, 2.24) is 15.6 Å². The molecule has 0 unspecified atom stereocenters. The normalized spacial score (nSPS) is 11.6. The molecule has 4 nitrogen and oxygen atoms in total. The zero-order chi connectivity index (χ0) is 17.4. The Morgan fingerprint density at radius 2 is 2.08 bits per heavy atom. The fraction of sp³-hybridized carbons (Fsp3) is 0.412. The average Bonchev–Trinajstić information content (AvgIpc) is 2.95. The van der Waals surface area contributed by atoms with E-state index in [9.17, 15) is 8.78 Å². The van der Waals surface area contributed by atoms with Crippen LogP contribution in [0.5, 0.6) is 0 Å². The van der Waals surface area contributed by atoms with Gasteiger partial charge in [-0.05, 0) is 31.9 Å². The number of hydrogen-bond donors (Lipinski definition) is 2. The number of aryl methyl sites for hydroxylation is 1. The first-order valence-electron chi connectivity index (χ1n) is 7.96. The lowest BCUT2D eigenvalue weighted by molar-refractivity contribution is 0.570. The molecular weight excluding hydrogens is 330 g/mol. The molecule has 0 saturated carbocycles. The Kier molecular flexibility index (Phi) is 7.11. The number of rotatable bonds is 7. The minimum atomic E-state index is -0.559. The van der Waals surface area contributed by atoms with Crippen LogP contribution in [-0.2, 0) is 12.8 Å². The van der Waals surface area contributed by atoms with Crippen LogP contribution in [0.4, 0.5) is 8.78 Å². The summed E-state index contributed by atoms with van der Waals surface area (Å²) in [5.41, 5.74) is 0.484. The fourth-order valence-electron chi connectivity index (χ4n) is 2.16. The third-order valence-electron chi connectivity index (χ3n) is 3.31. The third-order valence-corrected chi connectivity index (χ3v) is 4.28. The molecule has 1 aromatic heterocycles. The number of guanidine groups is 1. The summed E-state index contributed by atoms with van der Waals surface area (Å²) in [6.45, 7) is 5.91. The average molecular weight is 352 g/mol. The number of aliphatic imine (C=N–C) groups is 1. The van der Waals surface area contributed by atoms with Gasteiger partial charge in [-0.3, -0.25) is 4.99 Å². The first-order valence-corrected chi connectivity index (χ1v) is 8.77. The standard InChI is InChI=1S/C17H22F2N4S/c1-3-20-17(22-9-7-16-23-11-12(2)24-16)21-8-6-13-4-5-14(18)10-15(13)19/h4-5,10-11H,3,6-9H2,1-2H3,(H2,20,21,22). The van der Waals surface area contributed by atoms with Gasteiger partial charge < -0.3 is 10.6 Å². The molecule has 1 heterocycles. The number of nitrogens with one attached hydrogen (secondary N) is 2. The third kappa shape index (κ3) is 5.88. The van der Waals surface area contributed by atoms with Crippen LogP contribution in [0.1, 0.15) is 22.4 Å². The molecule has 24 heavy (non-hydrogen) atoms. The van der Waals surface area contributed by atoms with E-state index in [-0.39, 0.29) is 0 Å². The Hall–Kier alpha value is -2.02. The number of benzene rings is 1. The van der Waals surface area contributed by atoms with E-state index in [1.807, 2.05) is 20.0 Å². The van der Waals surface area contributed by atoms with Crippen LogP contribution in [0, 0.1) is 18.6 Å². The van der Waals surface area contributed by atoms with Crippen molar-refractivity contribution in [2.75, 3.05) is 19.6 Å². The molecular formula is C17H22F2N4S. The van der Waals surface area contributed by atoms with Gasteiger partial charge in [0, 0.05) is 43.2 Å². The highest BCUT2D eigenvalue weighted by Crippen LogP contribution is 2.11. The second-order valence-corrected chi connectivity index (χ2v) is 6.61. The van der Waals surface area contributed by atoms with Gasteiger partial charge in [0.25, 0.3) is 0 Å². The maximum Gasteiger partial charge on any atom is 0.191 e. The van der Waals surface area contributed by atoms with E-state index in [1.165, 1.54) is 17.0 Å². The molecule has 0 atom stereocenters. The molecule has 0 bridgehead atoms. The van der Waals surface area contributed by atoms with Gasteiger partial charge in [0.15, 0.2) is 5.96 Å². The predicted molar refractivity (Wildman–Crippen MR) is 94.6 cm³/mol. The molecule has 0 saturated heterocycles. The summed E-state index contributed by atoms with van der Waals surface area (Å²) in [4.78, 5) is 10.0. The lowest BCUT2D eigenvalue weighted by Crippen LogP contribution is -2.38. The molecule has 2 N–H and O–H groups in total. The largest absolute Gasteiger partial charge is 0.357 e. The summed E-state index contributed by atoms with van der Waals surface area (Å²) < 4.78 is 26.5. The topological polar surface area (TPSA) is 49.3 Å². The second kappa shape index (κ2) is 9.32. The number of nitrogens with zero attached hydrogens (tertiary/aromatic N) is 2. The maximum absolute atomic E-state index is 13.6. The molecule has 2 aromatic rings. The Labute approximate surface area is 145 Å². The molecule has 7 heteroatoms. The van der Waals surface area contributed by atoms with E-state index in [0.717, 1.165) is 24.0 Å². The van der Waals surface area contributed by atoms with Crippen LogP contribution in [0.3, 0.4) is 0 Å². The Bertz CT molecular complexity index is 685. The summed E-state index contributed by atoms with van der Waals surface area (Å²) in [5, 5.41) is 7.39. The molecule has 1 aromatic carbocycles. The zero-order valence-electron chi connectivity index (χ0n) is 13.9. The number of halogens is 2. The van der Waals surface area contributed by atoms with Crippen LogP contribution < -0.4 is 10.6 Å². The van der Waals surface area contributed by atoms with Gasteiger partial charge in [-0.15, -0.1) is 11.3 Å². The van der Waals surface area contributed by atoms with Gasteiger partial charge in [-0.2, -0.15) is 0 Å². The number of aromatic nitrogens is 1. The summed E-state index contributed by atoms with van der Waals surface area (Å²) in [6.07, 6.45) is 3.12. The highest BCUT2D eigenvalue weighted by molar-refractivity contribution is 7.11. The van der Waals surface area contributed by atoms with Crippen molar-refractivity contribution < 1.29 is 8.78 Å². The molecule has 130 valence electrons. The Balaban J connectivity index is 1.82. The van der Waals surface area contributed by atoms with Crippen molar-refractivity contribution in [3.05, 3.63) is 51.5 Å². The summed E-state index contributed by atoms with van der Waals surface area (Å²) in [7, 11) is 0. The monoisotopic (exact) mass is 352 g/mol. The van der Waals surface area contributed by atoms with E-state index >= 15 is 0 Å². The van der Waals surface area contributed by atoms with E-state index in [0.29, 0.717) is 31.0 Å². The van der Waals surface area contributed by atoms with Gasteiger partial charge in [0.1, 0.15) is 11.6 Å². The maximum atomic E-state index is 13.6. The SMILES string of the molecule is CCNC(=NCCc1ncc(C)s1)NCCc1ccc(F)cc1F. The van der Waals surface area contributed by atoms with Crippen molar-refractivity contribution in [2.45, 2.75) is 26.7 Å². The summed E-state index contributed by atoms with van der Waals surface area (Å²) in [6, 6.07) is 3.65. The van der Waals surface area contributed by atoms with Gasteiger partial charge in [0.05, 0.1) is 5.01 Å². The smallest absolute Gasteiger partial charge is 0.191 e. The molecule has 0 radical (unpaired) electrons. The van der Waals surface area contributed by atoms with E-state index < -0.39 is 11.6 Å². The summed E-state index contributed by atoms with van der Waals surface area (Å²) in [5.74, 6) is -0.386. The molecule has 0 aliphatic rings. The predicted octanol–water partition coefficient (Wildman–Crippen LogP) is 3.07. The first-order chi connectivity index (χ1) is 11.6. The lowest BCUT2D eigenvalue weighted by atomic mass is 10.1. The number of thiazole rings is 1. The van der Waals surface area contributed by atoms with Crippen molar-refractivity contribution in [2.24, 2.45) is 4.99 Å². The van der Waals surface area contributed by atoms with Crippen LogP contribution in [-0.4, -0.2) is 30.6 Å². The Morgan fingerprint density at radius 3 is 2.75 bits per heavy atom. The highest BCUT2D eigenvalue weighted by Gasteiger charge is 2.04. The first kappa shape index (κ1) is 18.3. The van der Waals surface area contributed by atoms with Crippen LogP contribution in [0.2, 0.25) is 0 Å². The second-order valence-electron chi connectivity index (χ2n) is 5.29. The minimum Gasteiger partial charge on any atom is -0.357 e. The van der Waals surface area contributed by atoms with Gasteiger partial charge in [-0.1, -0.05) is 6.07 Å². The highest BCUT2D eigenvalue weighted by atomic mass is 32.1. The molecule has 2 rings (SSSR count). The number of hydrogen-bond acceptors (Lipinski definition) is 3. The fourth-order valence-corrected chi connectivity index (χ4v) is 2.94. The molecule has 0 aliphatic carbocycles. The zero-order valence-corrected chi connectivity index (χ0v) is 14.7. The lowest BCUT2D eigenvalue weighted by Gasteiger charge is -2.11. The molecule has 0 amide bonds. The summed E-state index contributed by atoms with van der Waals surface area (Å²) >= 11 is 1.68. The van der Waals surface area contributed by atoms with E-state index in [1.54, 1.807) is 11.3 Å². The van der Waals surface area contributed by atoms with Crippen molar-refractivity contribution in [3.8, 4) is 0 Å². The van der Waals surface area contributed by atoms with E-state index in [4.69, 9.17) is 0 Å². The van der Waals surface area contributed by atoms with Crippen LogP contribution in [0.25, 0.3) is 0 Å². The van der Waals surface area contributed by atoms with Crippen LogP contribution >= 0.6 is 11.3 Å². The van der Waals surface area contributed by atoms with Crippen LogP contribution in [0.15, 0.2) is 29.4 Å². The van der Waals surface area contributed by atoms with Crippen molar-refractivity contribution in [3.63, 3.8) is 0 Å². The van der Waals surface area contributed by atoms with Crippen molar-refractivity contribution >= 4 is 17.3 Å². The molecule has 0 spiro atoms. The molecule has 0 fully saturated rings. The Morgan fingerprint density at radius 1 is 1.25 bits per heavy atom. The quantitative estimate of drug-likeness (QED) is 0.595. The van der Waals surface area contributed by atoms with E-state index in [2.05, 4.69) is 20.6 Å².